The maximum atomic E-state index is 12.7. The van der Waals surface area contributed by atoms with E-state index in [1.165, 1.54) is 0 Å². The van der Waals surface area contributed by atoms with Crippen LogP contribution in [0.5, 0.6) is 0 Å². The Hall–Kier alpha value is -1.15. The molecule has 27 heavy (non-hydrogen) atoms. The smallest absolute Gasteiger partial charge is 0.240 e. The van der Waals surface area contributed by atoms with Crippen LogP contribution in [0.3, 0.4) is 0 Å². The van der Waals surface area contributed by atoms with E-state index in [9.17, 15) is 13.2 Å². The average Bonchev–Trinajstić information content (AvgIpc) is 2.67. The Bertz CT molecular complexity index is 718. The number of sulfonamides is 1. The zero-order valence-corrected chi connectivity index (χ0v) is 17.4. The largest absolute Gasteiger partial charge is 0.342 e. The molecule has 0 aliphatic carbocycles. The first kappa shape index (κ1) is 22.1. The lowest BCUT2D eigenvalue weighted by Crippen LogP contribution is -2.47. The Balaban J connectivity index is 0.00000261. The highest BCUT2D eigenvalue weighted by Crippen LogP contribution is 2.22. The van der Waals surface area contributed by atoms with Gasteiger partial charge in [-0.3, -0.25) is 4.79 Å². The summed E-state index contributed by atoms with van der Waals surface area (Å²) in [5, 5.41) is 3.29. The summed E-state index contributed by atoms with van der Waals surface area (Å²) in [6.45, 7) is 5.57. The van der Waals surface area contributed by atoms with Gasteiger partial charge < -0.3 is 10.2 Å². The van der Waals surface area contributed by atoms with Crippen LogP contribution in [0.15, 0.2) is 29.2 Å². The molecule has 2 saturated heterocycles. The number of likely N-dealkylation sites (tertiary alicyclic amines) is 1. The number of piperidine rings is 2. The molecule has 0 spiro atoms. The van der Waals surface area contributed by atoms with Gasteiger partial charge in [-0.1, -0.05) is 17.7 Å². The molecule has 1 amide bonds. The fourth-order valence-corrected chi connectivity index (χ4v) is 4.90. The van der Waals surface area contributed by atoms with Gasteiger partial charge in [0.25, 0.3) is 0 Å². The van der Waals surface area contributed by atoms with Crippen LogP contribution in [-0.4, -0.2) is 51.9 Å². The predicted octanol–water partition coefficient (Wildman–Crippen LogP) is 1.93. The lowest BCUT2D eigenvalue weighted by molar-refractivity contribution is -0.138. The number of aryl methyl sites for hydroxylation is 1. The zero-order chi connectivity index (χ0) is 18.6. The van der Waals surface area contributed by atoms with Crippen molar-refractivity contribution in [2.45, 2.75) is 37.5 Å². The number of amides is 1. The van der Waals surface area contributed by atoms with Crippen molar-refractivity contribution in [3.8, 4) is 0 Å². The second-order valence-corrected chi connectivity index (χ2v) is 9.25. The van der Waals surface area contributed by atoms with Crippen LogP contribution < -0.4 is 10.0 Å². The molecular formula is C19H30ClN3O3S. The van der Waals surface area contributed by atoms with Crippen LogP contribution in [0.25, 0.3) is 0 Å². The summed E-state index contributed by atoms with van der Waals surface area (Å²) in [6, 6.07) is 6.86. The van der Waals surface area contributed by atoms with E-state index in [0.717, 1.165) is 50.9 Å². The topological polar surface area (TPSA) is 78.5 Å². The van der Waals surface area contributed by atoms with Crippen molar-refractivity contribution in [2.75, 3.05) is 32.7 Å². The number of carbonyl (C=O) groups excluding carboxylic acids is 1. The number of carbonyl (C=O) groups is 1. The van der Waals surface area contributed by atoms with E-state index in [2.05, 4.69) is 10.0 Å². The molecule has 1 aromatic carbocycles. The minimum Gasteiger partial charge on any atom is -0.342 e. The standard InChI is InChI=1S/C19H29N3O3S.ClH/c1-15-4-6-18(7-5-15)26(24,25)21-13-16-3-2-12-22(14-16)19(23)17-8-10-20-11-9-17;/h4-7,16-17,20-21H,2-3,8-14H2,1H3;1H. The number of hydrogen-bond donors (Lipinski definition) is 2. The van der Waals surface area contributed by atoms with Gasteiger partial charge in [0.05, 0.1) is 4.90 Å². The van der Waals surface area contributed by atoms with Crippen molar-refractivity contribution in [3.63, 3.8) is 0 Å². The van der Waals surface area contributed by atoms with Crippen molar-refractivity contribution < 1.29 is 13.2 Å². The molecule has 8 heteroatoms. The summed E-state index contributed by atoms with van der Waals surface area (Å²) >= 11 is 0. The van der Waals surface area contributed by atoms with Crippen molar-refractivity contribution in [1.82, 2.24) is 14.9 Å². The second-order valence-electron chi connectivity index (χ2n) is 7.48. The molecule has 0 saturated carbocycles. The molecule has 6 nitrogen and oxygen atoms in total. The van der Waals surface area contributed by atoms with Gasteiger partial charge in [0, 0.05) is 25.6 Å². The average molecular weight is 416 g/mol. The molecule has 2 aliphatic heterocycles. The van der Waals surface area contributed by atoms with Gasteiger partial charge in [-0.05, 0) is 63.7 Å². The summed E-state index contributed by atoms with van der Waals surface area (Å²) in [7, 11) is -3.50. The number of hydrogen-bond acceptors (Lipinski definition) is 4. The third-order valence-electron chi connectivity index (χ3n) is 5.41. The summed E-state index contributed by atoms with van der Waals surface area (Å²) in [4.78, 5) is 15.0. The third-order valence-corrected chi connectivity index (χ3v) is 6.85. The Morgan fingerprint density at radius 3 is 2.52 bits per heavy atom. The van der Waals surface area contributed by atoms with Crippen molar-refractivity contribution in [3.05, 3.63) is 29.8 Å². The highest BCUT2D eigenvalue weighted by atomic mass is 35.5. The monoisotopic (exact) mass is 415 g/mol. The van der Waals surface area contributed by atoms with Gasteiger partial charge in [0.1, 0.15) is 0 Å². The lowest BCUT2D eigenvalue weighted by Gasteiger charge is -2.36. The van der Waals surface area contributed by atoms with Gasteiger partial charge >= 0.3 is 0 Å². The number of nitrogens with zero attached hydrogens (tertiary/aromatic N) is 1. The highest BCUT2D eigenvalue weighted by Gasteiger charge is 2.30. The van der Waals surface area contributed by atoms with Gasteiger partial charge in [0.15, 0.2) is 0 Å². The van der Waals surface area contributed by atoms with Crippen molar-refractivity contribution in [1.29, 1.82) is 0 Å². The third kappa shape index (κ3) is 5.91. The maximum Gasteiger partial charge on any atom is 0.240 e. The van der Waals surface area contributed by atoms with Crippen LogP contribution in [0.2, 0.25) is 0 Å². The minimum absolute atomic E-state index is 0. The van der Waals surface area contributed by atoms with Gasteiger partial charge in [-0.15, -0.1) is 12.4 Å². The quantitative estimate of drug-likeness (QED) is 0.770. The fourth-order valence-electron chi connectivity index (χ4n) is 3.79. The molecule has 0 bridgehead atoms. The molecule has 2 N–H and O–H groups in total. The van der Waals surface area contributed by atoms with Gasteiger partial charge in [0.2, 0.25) is 15.9 Å². The van der Waals surface area contributed by atoms with Crippen molar-refractivity contribution >= 4 is 28.3 Å². The highest BCUT2D eigenvalue weighted by molar-refractivity contribution is 7.89. The Morgan fingerprint density at radius 1 is 1.19 bits per heavy atom. The Kier molecular flexibility index (Phi) is 8.09. The zero-order valence-electron chi connectivity index (χ0n) is 15.8. The summed E-state index contributed by atoms with van der Waals surface area (Å²) < 4.78 is 27.6. The van der Waals surface area contributed by atoms with Crippen LogP contribution in [-0.2, 0) is 14.8 Å². The Labute approximate surface area is 168 Å². The number of rotatable bonds is 5. The second kappa shape index (κ2) is 9.87. The van der Waals surface area contributed by atoms with E-state index in [1.807, 2.05) is 11.8 Å². The van der Waals surface area contributed by atoms with Gasteiger partial charge in [-0.2, -0.15) is 0 Å². The summed E-state index contributed by atoms with van der Waals surface area (Å²) in [6.07, 6.45) is 3.69. The molecule has 0 radical (unpaired) electrons. The van der Waals surface area contributed by atoms with Crippen LogP contribution in [0.1, 0.15) is 31.2 Å². The van der Waals surface area contributed by atoms with E-state index < -0.39 is 10.0 Å². The SMILES string of the molecule is Cc1ccc(S(=O)(=O)NCC2CCCN(C(=O)C3CCNCC3)C2)cc1.Cl. The number of benzene rings is 1. The van der Waals surface area contributed by atoms with Crippen LogP contribution in [0.4, 0.5) is 0 Å². The molecule has 2 fully saturated rings. The molecule has 1 unspecified atom stereocenters. The molecule has 152 valence electrons. The van der Waals surface area contributed by atoms with Crippen LogP contribution >= 0.6 is 12.4 Å². The first-order chi connectivity index (χ1) is 12.5. The van der Waals surface area contributed by atoms with Gasteiger partial charge in [-0.25, -0.2) is 13.1 Å². The van der Waals surface area contributed by atoms with Crippen LogP contribution in [0, 0.1) is 18.8 Å². The number of halogens is 1. The maximum absolute atomic E-state index is 12.7. The predicted molar refractivity (Wildman–Crippen MR) is 109 cm³/mol. The van der Waals surface area contributed by atoms with E-state index in [4.69, 9.17) is 0 Å². The Morgan fingerprint density at radius 2 is 1.85 bits per heavy atom. The van der Waals surface area contributed by atoms with Crippen molar-refractivity contribution in [2.24, 2.45) is 11.8 Å². The molecular weight excluding hydrogens is 386 g/mol. The first-order valence-electron chi connectivity index (χ1n) is 9.51. The molecule has 2 heterocycles. The molecule has 0 aromatic heterocycles. The minimum atomic E-state index is -3.50. The normalized spacial score (nSPS) is 21.5. The van der Waals surface area contributed by atoms with E-state index >= 15 is 0 Å². The number of nitrogens with one attached hydrogen (secondary N) is 2. The van der Waals surface area contributed by atoms with E-state index in [0.29, 0.717) is 18.0 Å². The fraction of sp³-hybridized carbons (Fsp3) is 0.632. The molecule has 2 aliphatic rings. The summed E-state index contributed by atoms with van der Waals surface area (Å²) in [5.41, 5.74) is 1.03. The summed E-state index contributed by atoms with van der Waals surface area (Å²) in [5.74, 6) is 0.548. The first-order valence-corrected chi connectivity index (χ1v) is 11.0. The van der Waals surface area contributed by atoms with E-state index in [-0.39, 0.29) is 30.2 Å². The van der Waals surface area contributed by atoms with E-state index in [1.54, 1.807) is 24.3 Å². The molecule has 1 aromatic rings. The molecule has 1 atom stereocenters. The lowest BCUT2D eigenvalue weighted by atomic mass is 9.93. The molecule has 3 rings (SSSR count).